The van der Waals surface area contributed by atoms with Crippen molar-refractivity contribution in [1.29, 1.82) is 0 Å². The number of benzene rings is 1. The number of rotatable bonds is 4. The molecule has 0 fully saturated rings. The maximum atomic E-state index is 11.9. The van der Waals surface area contributed by atoms with Gasteiger partial charge >= 0.3 is 5.97 Å². The number of carboxylic acid groups (broad SMARTS) is 1. The van der Waals surface area contributed by atoms with Gasteiger partial charge in [0.05, 0.1) is 15.4 Å². The van der Waals surface area contributed by atoms with Gasteiger partial charge in [0.15, 0.2) is 9.84 Å². The summed E-state index contributed by atoms with van der Waals surface area (Å²) in [5.41, 5.74) is -0.564. The Balaban J connectivity index is 3.64. The van der Waals surface area contributed by atoms with Gasteiger partial charge in [-0.3, -0.25) is 0 Å². The second kappa shape index (κ2) is 4.91. The zero-order valence-corrected chi connectivity index (χ0v) is 12.1. The molecule has 0 radical (unpaired) electrons. The van der Waals surface area contributed by atoms with E-state index in [1.54, 1.807) is 0 Å². The van der Waals surface area contributed by atoms with Crippen LogP contribution in [-0.4, -0.2) is 52.6 Å². The predicted molar refractivity (Wildman–Crippen MR) is 67.4 cm³/mol. The maximum absolute atomic E-state index is 11.9. The number of carbonyl (C=O) groups is 1. The molecule has 0 saturated carbocycles. The Morgan fingerprint density at radius 2 is 1.68 bits per heavy atom. The Hall–Kier alpha value is -1.45. The quantitative estimate of drug-likeness (QED) is 0.841. The Labute approximate surface area is 111 Å². The molecule has 1 aromatic rings. The molecule has 0 saturated heterocycles. The highest BCUT2D eigenvalue weighted by molar-refractivity contribution is 7.91. The fourth-order valence-electron chi connectivity index (χ4n) is 1.37. The molecular formula is C10H13NO6S2. The molecule has 1 N–H and O–H groups in total. The first-order valence-corrected chi connectivity index (χ1v) is 8.31. The zero-order valence-electron chi connectivity index (χ0n) is 10.5. The molecule has 19 heavy (non-hydrogen) atoms. The number of carboxylic acids is 1. The SMILES string of the molecule is CN(C)S(=O)(=O)c1ccc(S(C)(=O)=O)c(C(=O)O)c1. The molecule has 0 aromatic heterocycles. The molecule has 7 nitrogen and oxygen atoms in total. The molecule has 0 amide bonds. The van der Waals surface area contributed by atoms with E-state index >= 15 is 0 Å². The molecule has 0 spiro atoms. The fraction of sp³-hybridized carbons (Fsp3) is 0.300. The largest absolute Gasteiger partial charge is 0.478 e. The standard InChI is InChI=1S/C10H13NO6S2/c1-11(2)19(16,17)7-4-5-9(18(3,14)15)8(6-7)10(12)13/h4-6H,1-3H3,(H,12,13). The van der Waals surface area contributed by atoms with E-state index in [0.717, 1.165) is 28.8 Å². The van der Waals surface area contributed by atoms with Gasteiger partial charge in [0, 0.05) is 20.4 Å². The van der Waals surface area contributed by atoms with E-state index in [2.05, 4.69) is 0 Å². The second-order valence-corrected chi connectivity index (χ2v) is 8.16. The van der Waals surface area contributed by atoms with Gasteiger partial charge in [0.1, 0.15) is 0 Å². The number of hydrogen-bond donors (Lipinski definition) is 1. The number of sulfonamides is 1. The highest BCUT2D eigenvalue weighted by atomic mass is 32.2. The molecule has 1 rings (SSSR count). The third-order valence-corrected chi connectivity index (χ3v) is 5.33. The van der Waals surface area contributed by atoms with Crippen molar-refractivity contribution in [3.05, 3.63) is 23.8 Å². The van der Waals surface area contributed by atoms with Crippen LogP contribution in [0.15, 0.2) is 28.0 Å². The van der Waals surface area contributed by atoms with Crippen molar-refractivity contribution in [2.45, 2.75) is 9.79 Å². The van der Waals surface area contributed by atoms with Crippen LogP contribution in [0.25, 0.3) is 0 Å². The summed E-state index contributed by atoms with van der Waals surface area (Å²) >= 11 is 0. The first-order chi connectivity index (χ1) is 8.48. The molecule has 0 bridgehead atoms. The second-order valence-electron chi connectivity index (χ2n) is 4.02. The third kappa shape index (κ3) is 3.11. The lowest BCUT2D eigenvalue weighted by atomic mass is 10.2. The topological polar surface area (TPSA) is 109 Å². The first-order valence-electron chi connectivity index (χ1n) is 4.98. The Bertz CT molecular complexity index is 718. The molecule has 0 aliphatic rings. The minimum Gasteiger partial charge on any atom is -0.478 e. The number of aromatic carboxylic acids is 1. The average Bonchev–Trinajstić information content (AvgIpc) is 2.26. The smallest absolute Gasteiger partial charge is 0.337 e. The Kier molecular flexibility index (Phi) is 4.03. The van der Waals surface area contributed by atoms with E-state index < -0.39 is 36.3 Å². The van der Waals surface area contributed by atoms with Crippen molar-refractivity contribution < 1.29 is 26.7 Å². The fourth-order valence-corrected chi connectivity index (χ4v) is 3.16. The van der Waals surface area contributed by atoms with E-state index in [1.807, 2.05) is 0 Å². The van der Waals surface area contributed by atoms with Gasteiger partial charge in [-0.2, -0.15) is 0 Å². The van der Waals surface area contributed by atoms with Gasteiger partial charge in [-0.25, -0.2) is 25.9 Å². The van der Waals surface area contributed by atoms with Gasteiger partial charge in [0.2, 0.25) is 10.0 Å². The molecule has 0 heterocycles. The zero-order chi connectivity index (χ0) is 15.0. The lowest BCUT2D eigenvalue weighted by Gasteiger charge is -2.13. The molecular weight excluding hydrogens is 294 g/mol. The van der Waals surface area contributed by atoms with Crippen molar-refractivity contribution >= 4 is 25.8 Å². The van der Waals surface area contributed by atoms with Crippen LogP contribution in [0.1, 0.15) is 10.4 Å². The van der Waals surface area contributed by atoms with Crippen LogP contribution in [0.2, 0.25) is 0 Å². The van der Waals surface area contributed by atoms with E-state index in [0.29, 0.717) is 0 Å². The Morgan fingerprint density at radius 1 is 1.16 bits per heavy atom. The van der Waals surface area contributed by atoms with Crippen molar-refractivity contribution in [3.8, 4) is 0 Å². The van der Waals surface area contributed by atoms with Gasteiger partial charge in [0.25, 0.3) is 0 Å². The first kappa shape index (κ1) is 15.6. The molecule has 1 aromatic carbocycles. The molecule has 0 unspecified atom stereocenters. The monoisotopic (exact) mass is 307 g/mol. The normalized spacial score (nSPS) is 12.6. The van der Waals surface area contributed by atoms with E-state index in [-0.39, 0.29) is 4.90 Å². The van der Waals surface area contributed by atoms with Crippen LogP contribution < -0.4 is 0 Å². The lowest BCUT2D eigenvalue weighted by Crippen LogP contribution is -2.23. The van der Waals surface area contributed by atoms with Gasteiger partial charge in [-0.1, -0.05) is 0 Å². The molecule has 0 aliphatic carbocycles. The van der Waals surface area contributed by atoms with E-state index in [9.17, 15) is 21.6 Å². The van der Waals surface area contributed by atoms with Crippen molar-refractivity contribution in [1.82, 2.24) is 4.31 Å². The van der Waals surface area contributed by atoms with E-state index in [4.69, 9.17) is 5.11 Å². The summed E-state index contributed by atoms with van der Waals surface area (Å²) in [5.74, 6) is -1.50. The summed E-state index contributed by atoms with van der Waals surface area (Å²) in [6.45, 7) is 0. The third-order valence-electron chi connectivity index (χ3n) is 2.36. The maximum Gasteiger partial charge on any atom is 0.337 e. The summed E-state index contributed by atoms with van der Waals surface area (Å²) in [5, 5.41) is 8.98. The van der Waals surface area contributed by atoms with Gasteiger partial charge < -0.3 is 5.11 Å². The highest BCUT2D eigenvalue weighted by Crippen LogP contribution is 2.22. The van der Waals surface area contributed by atoms with Crippen molar-refractivity contribution in [2.24, 2.45) is 0 Å². The highest BCUT2D eigenvalue weighted by Gasteiger charge is 2.24. The minimum atomic E-state index is -3.82. The summed E-state index contributed by atoms with van der Waals surface area (Å²) in [4.78, 5) is 10.4. The summed E-state index contributed by atoms with van der Waals surface area (Å²) in [6, 6.07) is 2.89. The number of sulfone groups is 1. The molecule has 9 heteroatoms. The van der Waals surface area contributed by atoms with Gasteiger partial charge in [-0.05, 0) is 18.2 Å². The summed E-state index contributed by atoms with van der Waals surface area (Å²) < 4.78 is 47.5. The van der Waals surface area contributed by atoms with Crippen LogP contribution in [0.4, 0.5) is 0 Å². The van der Waals surface area contributed by atoms with Crippen LogP contribution >= 0.6 is 0 Å². The summed E-state index contributed by atoms with van der Waals surface area (Å²) in [6.07, 6.45) is 0.856. The van der Waals surface area contributed by atoms with Crippen LogP contribution in [0, 0.1) is 0 Å². The average molecular weight is 307 g/mol. The minimum absolute atomic E-state index is 0.276. The van der Waals surface area contributed by atoms with E-state index in [1.165, 1.54) is 14.1 Å². The lowest BCUT2D eigenvalue weighted by molar-refractivity contribution is 0.0692. The number of nitrogens with zero attached hydrogens (tertiary/aromatic N) is 1. The van der Waals surface area contributed by atoms with Crippen LogP contribution in [0.3, 0.4) is 0 Å². The van der Waals surface area contributed by atoms with Crippen LogP contribution in [-0.2, 0) is 19.9 Å². The predicted octanol–water partition coefficient (Wildman–Crippen LogP) is 0.0386. The van der Waals surface area contributed by atoms with Gasteiger partial charge in [-0.15, -0.1) is 0 Å². The van der Waals surface area contributed by atoms with Crippen molar-refractivity contribution in [2.75, 3.05) is 20.4 Å². The molecule has 0 atom stereocenters. The Morgan fingerprint density at radius 3 is 2.05 bits per heavy atom. The molecule has 106 valence electrons. The van der Waals surface area contributed by atoms with Crippen molar-refractivity contribution in [3.63, 3.8) is 0 Å². The number of hydrogen-bond acceptors (Lipinski definition) is 5. The van der Waals surface area contributed by atoms with Crippen LogP contribution in [0.5, 0.6) is 0 Å². The summed E-state index contributed by atoms with van der Waals surface area (Å²) in [7, 11) is -4.99. The molecule has 0 aliphatic heterocycles.